The molecule has 2 saturated heterocycles. The van der Waals surface area contributed by atoms with E-state index in [9.17, 15) is 4.79 Å². The fourth-order valence-corrected chi connectivity index (χ4v) is 1.92. The highest BCUT2D eigenvalue weighted by Gasteiger charge is 2.26. The molecule has 2 aliphatic heterocycles. The van der Waals surface area contributed by atoms with Crippen molar-refractivity contribution >= 4 is 5.97 Å². The van der Waals surface area contributed by atoms with E-state index in [1.165, 1.54) is 0 Å². The maximum Gasteiger partial charge on any atom is 0.309 e. The molecule has 0 spiro atoms. The molecule has 1 unspecified atom stereocenters. The van der Waals surface area contributed by atoms with Crippen LogP contribution in [0.25, 0.3) is 0 Å². The van der Waals surface area contributed by atoms with Gasteiger partial charge in [-0.2, -0.15) is 0 Å². The minimum atomic E-state index is -0.0259. The second-order valence-electron chi connectivity index (χ2n) is 3.94. The first-order valence-electron chi connectivity index (χ1n) is 5.35. The third kappa shape index (κ3) is 2.45. The van der Waals surface area contributed by atoms with E-state index in [0.29, 0.717) is 13.2 Å². The second-order valence-corrected chi connectivity index (χ2v) is 3.94. The molecule has 0 aromatic heterocycles. The zero-order valence-electron chi connectivity index (χ0n) is 8.33. The van der Waals surface area contributed by atoms with Crippen LogP contribution in [0.3, 0.4) is 0 Å². The second kappa shape index (κ2) is 4.75. The normalized spacial score (nSPS) is 29.0. The maximum atomic E-state index is 11.6. The van der Waals surface area contributed by atoms with E-state index < -0.39 is 0 Å². The molecular formula is C10H17NO3. The predicted molar refractivity (Wildman–Crippen MR) is 50.9 cm³/mol. The largest absolute Gasteiger partial charge is 0.461 e. The van der Waals surface area contributed by atoms with Crippen LogP contribution in [0.2, 0.25) is 0 Å². The Bertz CT molecular complexity index is 196. The Morgan fingerprint density at radius 3 is 2.71 bits per heavy atom. The average molecular weight is 199 g/mol. The fraction of sp³-hybridized carbons (Fsp3) is 0.900. The van der Waals surface area contributed by atoms with Crippen LogP contribution in [-0.4, -0.2) is 38.4 Å². The van der Waals surface area contributed by atoms with Crippen LogP contribution in [0.1, 0.15) is 19.3 Å². The molecule has 0 bridgehead atoms. The molecule has 0 aliphatic carbocycles. The lowest BCUT2D eigenvalue weighted by molar-refractivity contribution is -0.156. The van der Waals surface area contributed by atoms with Gasteiger partial charge in [0.1, 0.15) is 6.10 Å². The summed E-state index contributed by atoms with van der Waals surface area (Å²) >= 11 is 0. The van der Waals surface area contributed by atoms with Gasteiger partial charge in [-0.3, -0.25) is 4.79 Å². The van der Waals surface area contributed by atoms with Crippen molar-refractivity contribution in [2.75, 3.05) is 26.3 Å². The number of carbonyl (C=O) groups excluding carboxylic acids is 1. The van der Waals surface area contributed by atoms with Crippen LogP contribution in [0.15, 0.2) is 0 Å². The minimum Gasteiger partial charge on any atom is -0.461 e. The van der Waals surface area contributed by atoms with Gasteiger partial charge >= 0.3 is 5.97 Å². The summed E-state index contributed by atoms with van der Waals surface area (Å²) in [5, 5.41) is 3.18. The van der Waals surface area contributed by atoms with Crippen molar-refractivity contribution in [1.29, 1.82) is 0 Å². The number of nitrogens with one attached hydrogen (secondary N) is 1. The summed E-state index contributed by atoms with van der Waals surface area (Å²) in [5.74, 6) is 0.0475. The van der Waals surface area contributed by atoms with Gasteiger partial charge in [0.05, 0.1) is 5.92 Å². The first-order valence-corrected chi connectivity index (χ1v) is 5.35. The summed E-state index contributed by atoms with van der Waals surface area (Å²) < 4.78 is 10.6. The van der Waals surface area contributed by atoms with E-state index in [1.54, 1.807) is 0 Å². The van der Waals surface area contributed by atoms with Crippen LogP contribution in [0.5, 0.6) is 0 Å². The van der Waals surface area contributed by atoms with Crippen molar-refractivity contribution in [1.82, 2.24) is 5.32 Å². The van der Waals surface area contributed by atoms with Crippen LogP contribution in [-0.2, 0) is 14.3 Å². The lowest BCUT2D eigenvalue weighted by atomic mass is 10.0. The topological polar surface area (TPSA) is 47.6 Å². The SMILES string of the molecule is O=C(OC1CCNC1)C1CCOCC1. The highest BCUT2D eigenvalue weighted by Crippen LogP contribution is 2.18. The first-order chi connectivity index (χ1) is 6.86. The van der Waals surface area contributed by atoms with Crippen LogP contribution in [0, 0.1) is 5.92 Å². The molecular weight excluding hydrogens is 182 g/mol. The number of carbonyl (C=O) groups is 1. The van der Waals surface area contributed by atoms with Gasteiger partial charge in [-0.1, -0.05) is 0 Å². The standard InChI is InChI=1S/C10H17NO3/c12-10(8-2-5-13-6-3-8)14-9-1-4-11-7-9/h8-9,11H,1-7H2. The molecule has 4 nitrogen and oxygen atoms in total. The van der Waals surface area contributed by atoms with E-state index in [2.05, 4.69) is 5.32 Å². The summed E-state index contributed by atoms with van der Waals surface area (Å²) in [6.07, 6.45) is 2.69. The molecule has 1 N–H and O–H groups in total. The van der Waals surface area contributed by atoms with Crippen LogP contribution in [0.4, 0.5) is 0 Å². The molecule has 1 atom stereocenters. The third-order valence-electron chi connectivity index (χ3n) is 2.85. The van der Waals surface area contributed by atoms with E-state index in [-0.39, 0.29) is 18.0 Å². The molecule has 2 aliphatic rings. The Balaban J connectivity index is 1.75. The lowest BCUT2D eigenvalue weighted by Crippen LogP contribution is -2.29. The van der Waals surface area contributed by atoms with Gasteiger partial charge in [0, 0.05) is 19.8 Å². The molecule has 0 amide bonds. The van der Waals surface area contributed by atoms with Gasteiger partial charge in [0.15, 0.2) is 0 Å². The van der Waals surface area contributed by atoms with Crippen molar-refractivity contribution in [3.05, 3.63) is 0 Å². The number of hydrogen-bond acceptors (Lipinski definition) is 4. The van der Waals surface area contributed by atoms with E-state index in [0.717, 1.165) is 32.4 Å². The molecule has 14 heavy (non-hydrogen) atoms. The molecule has 0 radical (unpaired) electrons. The van der Waals surface area contributed by atoms with Gasteiger partial charge in [-0.05, 0) is 25.8 Å². The number of ether oxygens (including phenoxy) is 2. The predicted octanol–water partition coefficient (Wildman–Crippen LogP) is 0.318. The summed E-state index contributed by atoms with van der Waals surface area (Å²) in [5.41, 5.74) is 0. The van der Waals surface area contributed by atoms with Gasteiger partial charge in [-0.15, -0.1) is 0 Å². The lowest BCUT2D eigenvalue weighted by Gasteiger charge is -2.22. The molecule has 4 heteroatoms. The number of rotatable bonds is 2. The number of hydrogen-bond donors (Lipinski definition) is 1. The summed E-state index contributed by atoms with van der Waals surface area (Å²) in [6.45, 7) is 3.17. The third-order valence-corrected chi connectivity index (χ3v) is 2.85. The highest BCUT2D eigenvalue weighted by molar-refractivity contribution is 5.72. The van der Waals surface area contributed by atoms with E-state index in [4.69, 9.17) is 9.47 Å². The Morgan fingerprint density at radius 2 is 2.07 bits per heavy atom. The smallest absolute Gasteiger partial charge is 0.309 e. The Labute approximate surface area is 84.0 Å². The highest BCUT2D eigenvalue weighted by atomic mass is 16.5. The quantitative estimate of drug-likeness (QED) is 0.651. The van der Waals surface area contributed by atoms with Crippen molar-refractivity contribution in [3.8, 4) is 0 Å². The summed E-state index contributed by atoms with van der Waals surface area (Å²) in [7, 11) is 0. The average Bonchev–Trinajstić information content (AvgIpc) is 2.72. The van der Waals surface area contributed by atoms with Crippen LogP contribution >= 0.6 is 0 Å². The monoisotopic (exact) mass is 199 g/mol. The van der Waals surface area contributed by atoms with Crippen molar-refractivity contribution in [3.63, 3.8) is 0 Å². The number of esters is 1. The molecule has 2 fully saturated rings. The zero-order chi connectivity index (χ0) is 9.80. The maximum absolute atomic E-state index is 11.6. The van der Waals surface area contributed by atoms with Crippen molar-refractivity contribution in [2.45, 2.75) is 25.4 Å². The molecule has 2 rings (SSSR count). The van der Waals surface area contributed by atoms with Gasteiger partial charge in [0.2, 0.25) is 0 Å². The molecule has 80 valence electrons. The van der Waals surface area contributed by atoms with Gasteiger partial charge in [0.25, 0.3) is 0 Å². The Morgan fingerprint density at radius 1 is 1.29 bits per heavy atom. The first kappa shape index (κ1) is 9.93. The van der Waals surface area contributed by atoms with E-state index >= 15 is 0 Å². The molecule has 0 aromatic carbocycles. The Kier molecular flexibility index (Phi) is 3.37. The molecule has 2 heterocycles. The van der Waals surface area contributed by atoms with Crippen molar-refractivity contribution in [2.24, 2.45) is 5.92 Å². The molecule has 0 saturated carbocycles. The van der Waals surface area contributed by atoms with Crippen LogP contribution < -0.4 is 5.32 Å². The van der Waals surface area contributed by atoms with Gasteiger partial charge in [-0.25, -0.2) is 0 Å². The van der Waals surface area contributed by atoms with Crippen molar-refractivity contribution < 1.29 is 14.3 Å². The Hall–Kier alpha value is -0.610. The minimum absolute atomic E-state index is 0.0259. The summed E-state index contributed by atoms with van der Waals surface area (Å²) in [6, 6.07) is 0. The zero-order valence-corrected chi connectivity index (χ0v) is 8.33. The summed E-state index contributed by atoms with van der Waals surface area (Å²) in [4.78, 5) is 11.6. The van der Waals surface area contributed by atoms with E-state index in [1.807, 2.05) is 0 Å². The fourth-order valence-electron chi connectivity index (χ4n) is 1.92. The van der Waals surface area contributed by atoms with Gasteiger partial charge < -0.3 is 14.8 Å². The molecule has 0 aromatic rings.